The molecule has 2 saturated heterocycles. The number of amides is 1. The van der Waals surface area contributed by atoms with Crippen LogP contribution >= 0.6 is 11.3 Å². The predicted molar refractivity (Wildman–Crippen MR) is 175 cm³/mol. The van der Waals surface area contributed by atoms with Gasteiger partial charge in [0.1, 0.15) is 0 Å². The third-order valence-electron chi connectivity index (χ3n) is 8.18. The Balaban J connectivity index is 1.43. The normalized spacial score (nSPS) is 18.1. The number of alkyl halides is 3. The average Bonchev–Trinajstić information content (AvgIpc) is 3.41. The van der Waals surface area contributed by atoms with Gasteiger partial charge in [0.25, 0.3) is 5.91 Å². The summed E-state index contributed by atoms with van der Waals surface area (Å²) in [5.74, 6) is 5.81. The van der Waals surface area contributed by atoms with Crippen LogP contribution in [0.4, 0.5) is 18.3 Å². The van der Waals surface area contributed by atoms with E-state index in [4.69, 9.17) is 11.6 Å². The summed E-state index contributed by atoms with van der Waals surface area (Å²) in [4.78, 5) is 24.9. The number of hydrazine groups is 1. The van der Waals surface area contributed by atoms with Gasteiger partial charge in [0.05, 0.1) is 17.0 Å². The lowest BCUT2D eigenvalue weighted by molar-refractivity contribution is -0.0879. The van der Waals surface area contributed by atoms with Crippen molar-refractivity contribution in [3.05, 3.63) is 87.9 Å². The number of anilines is 1. The summed E-state index contributed by atoms with van der Waals surface area (Å²) in [6.07, 6.45) is 5.01. The molecule has 0 aliphatic carbocycles. The van der Waals surface area contributed by atoms with Gasteiger partial charge in [-0.2, -0.15) is 13.2 Å². The fraction of sp³-hybridized carbons (Fsp3) is 0.438. The molecule has 0 unspecified atom stereocenters. The molecule has 45 heavy (non-hydrogen) atoms. The first-order chi connectivity index (χ1) is 21.3. The number of nitrogens with two attached hydrogens (primary N) is 2. The van der Waals surface area contributed by atoms with Gasteiger partial charge in [-0.1, -0.05) is 24.0 Å². The number of nitrogens with zero attached hydrogens (tertiary/aromatic N) is 5. The fourth-order valence-electron chi connectivity index (χ4n) is 5.45. The topological polar surface area (TPSA) is 107 Å². The number of benzene rings is 1. The van der Waals surface area contributed by atoms with Gasteiger partial charge in [-0.05, 0) is 75.2 Å². The zero-order valence-electron chi connectivity index (χ0n) is 26.1. The van der Waals surface area contributed by atoms with Gasteiger partial charge >= 0.3 is 6.18 Å². The number of thiazole rings is 1. The molecule has 5 N–H and O–H groups in total. The molecule has 0 bridgehead atoms. The maximum absolute atomic E-state index is 13.5. The van der Waals surface area contributed by atoms with Crippen molar-refractivity contribution in [2.45, 2.75) is 45.5 Å². The highest BCUT2D eigenvalue weighted by atomic mass is 32.1. The number of likely N-dealkylation sites (tertiary alicyclic amines) is 1. The highest BCUT2D eigenvalue weighted by Gasteiger charge is 2.32. The molecule has 2 aliphatic rings. The van der Waals surface area contributed by atoms with Gasteiger partial charge in [-0.25, -0.2) is 10.8 Å². The number of hydrogen-bond acceptors (Lipinski definition) is 9. The highest BCUT2D eigenvalue weighted by molar-refractivity contribution is 7.16. The van der Waals surface area contributed by atoms with Crippen molar-refractivity contribution in [3.63, 3.8) is 0 Å². The van der Waals surface area contributed by atoms with E-state index in [1.54, 1.807) is 37.5 Å². The Kier molecular flexibility index (Phi) is 11.5. The average molecular weight is 645 g/mol. The fourth-order valence-corrected chi connectivity index (χ4v) is 6.03. The van der Waals surface area contributed by atoms with E-state index in [1.165, 1.54) is 16.3 Å². The second kappa shape index (κ2) is 15.1. The molecule has 1 amide bonds. The largest absolute Gasteiger partial charge is 0.415 e. The van der Waals surface area contributed by atoms with Crippen molar-refractivity contribution < 1.29 is 18.0 Å². The number of nitrogen functional groups attached to an aromatic ring is 1. The van der Waals surface area contributed by atoms with Crippen molar-refractivity contribution in [2.24, 2.45) is 5.84 Å². The number of halogens is 3. The molecule has 4 rings (SSSR count). The Hall–Kier alpha value is -3.65. The summed E-state index contributed by atoms with van der Waals surface area (Å²) in [5, 5.41) is 4.82. The van der Waals surface area contributed by atoms with Crippen molar-refractivity contribution >= 4 is 28.5 Å². The molecular formula is C32H43F3N8OS. The van der Waals surface area contributed by atoms with E-state index in [0.29, 0.717) is 47.8 Å². The van der Waals surface area contributed by atoms with Crippen molar-refractivity contribution in [1.82, 2.24) is 30.0 Å². The maximum atomic E-state index is 13.5. The summed E-state index contributed by atoms with van der Waals surface area (Å²) in [6, 6.07) is 5.73. The molecule has 0 radical (unpaired) electrons. The van der Waals surface area contributed by atoms with Crippen LogP contribution in [-0.2, 0) is 6.54 Å². The molecule has 0 spiro atoms. The van der Waals surface area contributed by atoms with Crippen LogP contribution in [-0.4, -0.2) is 89.1 Å². The molecular weight excluding hydrogens is 601 g/mol. The standard InChI is InChI=1S/C32H43F3N8OS/c1-22-5-6-25(19-26(22)21-43(37)12-9-29-20-38-31(36)45-29)30(44)39-24(3)18-28(17-23(2)32(33,34)35)41-10-7-27(8-11-41)42-15-13-40(4)14-16-42/h5-6,9,12,17-20,27H,2,7-8,10-11,13-16,21,37H2,1,3-4H3,(H2,36,38)(H,39,44)/b12-9+,24-18+,28-17+. The molecule has 1 aromatic carbocycles. The summed E-state index contributed by atoms with van der Waals surface area (Å²) in [5.41, 5.74) is 7.77. The molecule has 2 fully saturated rings. The van der Waals surface area contributed by atoms with Gasteiger partial charge in [0.2, 0.25) is 0 Å². The Bertz CT molecular complexity index is 1430. The van der Waals surface area contributed by atoms with Crippen LogP contribution in [0.1, 0.15) is 46.1 Å². The first-order valence-corrected chi connectivity index (χ1v) is 15.8. The van der Waals surface area contributed by atoms with E-state index < -0.39 is 11.7 Å². The number of piperazine rings is 1. The molecule has 244 valence electrons. The molecule has 3 heterocycles. The third kappa shape index (κ3) is 9.92. The van der Waals surface area contributed by atoms with Gasteiger partial charge in [0, 0.05) is 74.7 Å². The van der Waals surface area contributed by atoms with Crippen molar-refractivity contribution in [1.29, 1.82) is 0 Å². The summed E-state index contributed by atoms with van der Waals surface area (Å²) >= 11 is 1.34. The zero-order chi connectivity index (χ0) is 32.7. The van der Waals surface area contributed by atoms with Crippen LogP contribution in [0, 0.1) is 6.92 Å². The molecule has 2 aliphatic heterocycles. The zero-order valence-corrected chi connectivity index (χ0v) is 26.9. The highest BCUT2D eigenvalue weighted by Crippen LogP contribution is 2.29. The lowest BCUT2D eigenvalue weighted by Gasteiger charge is -2.43. The van der Waals surface area contributed by atoms with E-state index in [-0.39, 0.29) is 5.91 Å². The smallest absolute Gasteiger partial charge is 0.375 e. The van der Waals surface area contributed by atoms with E-state index in [0.717, 1.165) is 61.1 Å². The first-order valence-electron chi connectivity index (χ1n) is 14.9. The summed E-state index contributed by atoms with van der Waals surface area (Å²) in [6.45, 7) is 12.5. The molecule has 0 saturated carbocycles. The SMILES string of the molecule is C=C(/C=C(\C=C(/C)NC(=O)c1ccc(C)c(CN(N)/C=C/c2cnc(N)s2)c1)N1CCC(N2CCN(C)CC2)CC1)C(F)(F)F. The summed E-state index contributed by atoms with van der Waals surface area (Å²) < 4.78 is 40.5. The van der Waals surface area contributed by atoms with E-state index in [2.05, 4.69) is 33.7 Å². The van der Waals surface area contributed by atoms with Crippen LogP contribution < -0.4 is 16.9 Å². The maximum Gasteiger partial charge on any atom is 0.415 e. The number of carbonyl (C=O) groups excluding carboxylic acids is 1. The lowest BCUT2D eigenvalue weighted by Crippen LogP contribution is -2.52. The Morgan fingerprint density at radius 1 is 1.18 bits per heavy atom. The number of nitrogens with one attached hydrogen (secondary N) is 1. The van der Waals surface area contributed by atoms with Crippen LogP contribution in [0.5, 0.6) is 0 Å². The molecule has 0 atom stereocenters. The molecule has 13 heteroatoms. The van der Waals surface area contributed by atoms with Gasteiger partial charge in [-0.15, -0.1) is 0 Å². The van der Waals surface area contributed by atoms with Gasteiger partial charge in [0.15, 0.2) is 5.13 Å². The van der Waals surface area contributed by atoms with E-state index >= 15 is 0 Å². The van der Waals surface area contributed by atoms with Crippen molar-refractivity contribution in [2.75, 3.05) is 52.0 Å². The monoisotopic (exact) mass is 644 g/mol. The van der Waals surface area contributed by atoms with Crippen molar-refractivity contribution in [3.8, 4) is 0 Å². The Morgan fingerprint density at radius 2 is 1.87 bits per heavy atom. The number of aromatic nitrogens is 1. The Labute approximate surface area is 267 Å². The number of allylic oxidation sites excluding steroid dienone is 4. The first kappa shape index (κ1) is 34.2. The number of piperidine rings is 1. The molecule has 1 aromatic heterocycles. The van der Waals surface area contributed by atoms with Crippen LogP contribution in [0.25, 0.3) is 6.08 Å². The predicted octanol–water partition coefficient (Wildman–Crippen LogP) is 4.73. The lowest BCUT2D eigenvalue weighted by atomic mass is 10.0. The van der Waals surface area contributed by atoms with Crippen LogP contribution in [0.2, 0.25) is 0 Å². The molecule has 2 aromatic rings. The number of carbonyl (C=O) groups is 1. The Morgan fingerprint density at radius 3 is 2.49 bits per heavy atom. The van der Waals surface area contributed by atoms with Crippen LogP contribution in [0.3, 0.4) is 0 Å². The minimum absolute atomic E-state index is 0.350. The quantitative estimate of drug-likeness (QED) is 0.194. The second-order valence-electron chi connectivity index (χ2n) is 11.7. The summed E-state index contributed by atoms with van der Waals surface area (Å²) in [7, 11) is 2.12. The molecule has 9 nitrogen and oxygen atoms in total. The number of hydrogen-bond donors (Lipinski definition) is 3. The minimum atomic E-state index is -4.55. The number of aryl methyl sites for hydroxylation is 1. The van der Waals surface area contributed by atoms with Gasteiger partial charge < -0.3 is 25.9 Å². The van der Waals surface area contributed by atoms with Gasteiger partial charge in [-0.3, -0.25) is 9.69 Å². The minimum Gasteiger partial charge on any atom is -0.375 e. The number of likely N-dealkylation sites (N-methyl/N-ethyl adjacent to an activating group) is 1. The second-order valence-corrected chi connectivity index (χ2v) is 12.8. The van der Waals surface area contributed by atoms with E-state index in [1.807, 2.05) is 24.0 Å². The van der Waals surface area contributed by atoms with Crippen LogP contribution in [0.15, 0.2) is 66.3 Å². The third-order valence-corrected chi connectivity index (χ3v) is 8.97. The number of rotatable bonds is 10. The van der Waals surface area contributed by atoms with E-state index in [9.17, 15) is 18.0 Å².